The number of hydrogen-bond acceptors (Lipinski definition) is 7. The van der Waals surface area contributed by atoms with Crippen LogP contribution in [0, 0.1) is 40.4 Å². The molecule has 0 radical (unpaired) electrons. The molecule has 7 heteroatoms. The molecule has 34 heavy (non-hydrogen) atoms. The highest BCUT2D eigenvalue weighted by atomic mass is 16.7. The van der Waals surface area contributed by atoms with Gasteiger partial charge in [-0.25, -0.2) is 0 Å². The van der Waals surface area contributed by atoms with Crippen molar-refractivity contribution in [2.24, 2.45) is 40.4 Å². The van der Waals surface area contributed by atoms with E-state index in [0.29, 0.717) is 24.9 Å². The van der Waals surface area contributed by atoms with Gasteiger partial charge in [-0.05, 0) is 67.6 Å². The van der Waals surface area contributed by atoms with E-state index in [1.54, 1.807) is 0 Å². The van der Waals surface area contributed by atoms with Crippen molar-refractivity contribution in [2.75, 3.05) is 6.61 Å². The van der Waals surface area contributed by atoms with Gasteiger partial charge in [-0.2, -0.15) is 0 Å². The van der Waals surface area contributed by atoms with Gasteiger partial charge in [-0.15, -0.1) is 0 Å². The molecule has 14 atom stereocenters. The van der Waals surface area contributed by atoms with E-state index in [2.05, 4.69) is 20.4 Å². The summed E-state index contributed by atoms with van der Waals surface area (Å²) in [7, 11) is 0. The van der Waals surface area contributed by atoms with E-state index in [-0.39, 0.29) is 29.3 Å². The first-order valence-corrected chi connectivity index (χ1v) is 13.3. The lowest BCUT2D eigenvalue weighted by atomic mass is 9.41. The molecule has 6 fully saturated rings. The Morgan fingerprint density at radius 1 is 0.941 bits per heavy atom. The van der Waals surface area contributed by atoms with Gasteiger partial charge in [-0.1, -0.05) is 32.9 Å². The molecular formula is C27H42O7. The average molecular weight is 479 g/mol. The summed E-state index contributed by atoms with van der Waals surface area (Å²) in [4.78, 5) is 0. The van der Waals surface area contributed by atoms with Crippen LogP contribution in [-0.4, -0.2) is 74.0 Å². The van der Waals surface area contributed by atoms with Gasteiger partial charge in [0.1, 0.15) is 23.9 Å². The molecule has 0 unspecified atom stereocenters. The van der Waals surface area contributed by atoms with E-state index in [1.165, 1.54) is 0 Å². The summed E-state index contributed by atoms with van der Waals surface area (Å²) < 4.78 is 13.1. The minimum atomic E-state index is -1.62. The molecule has 0 aromatic carbocycles. The standard InChI is InChI=1S/C27H42O7/c1-13-5-10-27(33-12-13)14(2)19-18(34-27)11-17-15-6-9-26(32)23(31)21(29)20(28)22(30)25(26,4)16(15)7-8-24(17,19)3/h14-23,28-32H,1,5-12H2,2-4H3/t14-,15+,16-,17+,18-,19-,20+,21-,22+,23-,24-,25-,26-,27+/m0/s1. The maximum absolute atomic E-state index is 11.7. The van der Waals surface area contributed by atoms with Gasteiger partial charge >= 0.3 is 0 Å². The maximum Gasteiger partial charge on any atom is 0.172 e. The smallest absolute Gasteiger partial charge is 0.172 e. The molecule has 0 aromatic heterocycles. The molecule has 0 amide bonds. The Hall–Kier alpha value is -0.540. The van der Waals surface area contributed by atoms with Crippen LogP contribution in [0.4, 0.5) is 0 Å². The highest BCUT2D eigenvalue weighted by Gasteiger charge is 2.74. The van der Waals surface area contributed by atoms with Gasteiger partial charge in [0.25, 0.3) is 0 Å². The molecular weight excluding hydrogens is 436 g/mol. The van der Waals surface area contributed by atoms with Crippen LogP contribution in [0.15, 0.2) is 12.2 Å². The molecule has 0 bridgehead atoms. The van der Waals surface area contributed by atoms with Crippen molar-refractivity contribution in [1.82, 2.24) is 0 Å². The Balaban J connectivity index is 1.31. The Bertz CT molecular complexity index is 867. The number of hydrogen-bond donors (Lipinski definition) is 5. The molecule has 1 spiro atoms. The van der Waals surface area contributed by atoms with Crippen LogP contribution in [0.3, 0.4) is 0 Å². The van der Waals surface area contributed by atoms with Gasteiger partial charge in [0.05, 0.1) is 18.8 Å². The first kappa shape index (κ1) is 23.8. The van der Waals surface area contributed by atoms with Crippen LogP contribution in [0.25, 0.3) is 0 Å². The topological polar surface area (TPSA) is 120 Å². The third kappa shape index (κ3) is 2.62. The summed E-state index contributed by atoms with van der Waals surface area (Å²) >= 11 is 0. The zero-order chi connectivity index (χ0) is 24.4. The van der Waals surface area contributed by atoms with Crippen LogP contribution in [0.5, 0.6) is 0 Å². The van der Waals surface area contributed by atoms with Crippen molar-refractivity contribution < 1.29 is 35.0 Å². The summed E-state index contributed by atoms with van der Waals surface area (Å²) in [6.07, 6.45) is -0.118. The van der Waals surface area contributed by atoms with Crippen molar-refractivity contribution in [3.8, 4) is 0 Å². The van der Waals surface area contributed by atoms with Crippen molar-refractivity contribution in [3.63, 3.8) is 0 Å². The van der Waals surface area contributed by atoms with Crippen LogP contribution in [0.1, 0.15) is 65.7 Å². The maximum atomic E-state index is 11.7. The normalized spacial score (nSPS) is 63.2. The molecule has 6 rings (SSSR count). The minimum Gasteiger partial charge on any atom is -0.390 e. The fourth-order valence-corrected chi connectivity index (χ4v) is 10.2. The zero-order valence-corrected chi connectivity index (χ0v) is 20.7. The molecule has 0 aromatic rings. The summed E-state index contributed by atoms with van der Waals surface area (Å²) in [5.74, 6) is 0.768. The Morgan fingerprint density at radius 3 is 2.32 bits per heavy atom. The second-order valence-corrected chi connectivity index (χ2v) is 13.1. The molecule has 5 N–H and O–H groups in total. The first-order chi connectivity index (χ1) is 15.9. The summed E-state index contributed by atoms with van der Waals surface area (Å²) in [5.41, 5.74) is -1.50. The van der Waals surface area contributed by atoms with Crippen LogP contribution >= 0.6 is 0 Å². The summed E-state index contributed by atoms with van der Waals surface area (Å²) in [5, 5.41) is 54.6. The third-order valence-electron chi connectivity index (χ3n) is 12.1. The highest BCUT2D eigenvalue weighted by molar-refractivity contribution is 5.23. The van der Waals surface area contributed by atoms with Crippen LogP contribution in [0.2, 0.25) is 0 Å². The molecule has 2 saturated heterocycles. The van der Waals surface area contributed by atoms with Gasteiger partial charge in [-0.3, -0.25) is 0 Å². The second-order valence-electron chi connectivity index (χ2n) is 13.1. The third-order valence-corrected chi connectivity index (χ3v) is 12.1. The number of ether oxygens (including phenoxy) is 2. The largest absolute Gasteiger partial charge is 0.390 e. The number of rotatable bonds is 0. The number of aliphatic hydroxyl groups excluding tert-OH is 4. The highest BCUT2D eigenvalue weighted by Crippen LogP contribution is 2.71. The number of aliphatic hydroxyl groups is 5. The van der Waals surface area contributed by atoms with E-state index in [0.717, 1.165) is 44.1 Å². The fourth-order valence-electron chi connectivity index (χ4n) is 10.2. The summed E-state index contributed by atoms with van der Waals surface area (Å²) in [6.45, 7) is 11.2. The predicted octanol–water partition coefficient (Wildman–Crippen LogP) is 1.74. The molecule has 6 aliphatic rings. The molecule has 2 aliphatic heterocycles. The lowest BCUT2D eigenvalue weighted by Crippen LogP contribution is -2.77. The quantitative estimate of drug-likeness (QED) is 0.337. The van der Waals surface area contributed by atoms with Crippen molar-refractivity contribution in [2.45, 2.75) is 108 Å². The molecule has 192 valence electrons. The van der Waals surface area contributed by atoms with Crippen LogP contribution < -0.4 is 0 Å². The minimum absolute atomic E-state index is 0.0477. The predicted molar refractivity (Wildman–Crippen MR) is 123 cm³/mol. The first-order valence-electron chi connectivity index (χ1n) is 13.3. The van der Waals surface area contributed by atoms with E-state index >= 15 is 0 Å². The lowest BCUT2D eigenvalue weighted by Gasteiger charge is -2.67. The second kappa shape index (κ2) is 7.27. The number of fused-ring (bicyclic) bond motifs is 7. The van der Waals surface area contributed by atoms with E-state index < -0.39 is 41.2 Å². The van der Waals surface area contributed by atoms with Crippen molar-refractivity contribution >= 4 is 0 Å². The zero-order valence-electron chi connectivity index (χ0n) is 20.7. The van der Waals surface area contributed by atoms with E-state index in [4.69, 9.17) is 9.47 Å². The van der Waals surface area contributed by atoms with Crippen LogP contribution in [-0.2, 0) is 9.47 Å². The van der Waals surface area contributed by atoms with Crippen molar-refractivity contribution in [3.05, 3.63) is 12.2 Å². The molecule has 2 heterocycles. The van der Waals surface area contributed by atoms with Gasteiger partial charge in [0.15, 0.2) is 5.79 Å². The summed E-state index contributed by atoms with van der Waals surface area (Å²) in [6, 6.07) is 0. The molecule has 4 aliphatic carbocycles. The van der Waals surface area contributed by atoms with E-state index in [1.807, 2.05) is 6.92 Å². The molecule has 4 saturated carbocycles. The Kier molecular flexibility index (Phi) is 5.10. The van der Waals surface area contributed by atoms with Gasteiger partial charge in [0, 0.05) is 17.8 Å². The lowest BCUT2D eigenvalue weighted by molar-refractivity contribution is -0.324. The molecule has 7 nitrogen and oxygen atoms in total. The Morgan fingerprint density at radius 2 is 1.65 bits per heavy atom. The van der Waals surface area contributed by atoms with Gasteiger partial charge < -0.3 is 35.0 Å². The average Bonchev–Trinajstić information content (AvgIpc) is 3.25. The Labute approximate surface area is 202 Å². The fraction of sp³-hybridized carbons (Fsp3) is 0.926. The van der Waals surface area contributed by atoms with Gasteiger partial charge in [0.2, 0.25) is 0 Å². The van der Waals surface area contributed by atoms with E-state index in [9.17, 15) is 25.5 Å². The van der Waals surface area contributed by atoms with Crippen molar-refractivity contribution in [1.29, 1.82) is 0 Å². The SMILES string of the molecule is C=C1CC[C@@]2(OC1)O[C@H]1C[C@@H]3[C@@H]4CC[C@]5(O)[C@@H](O)[C@@H](O)[C@@H](O)[C@@H](O)[C@]5(C)[C@H]4CC[C@]3(C)[C@H]1[C@@H]2C. The monoisotopic (exact) mass is 478 g/mol.